The Bertz CT molecular complexity index is 2690. The lowest BCUT2D eigenvalue weighted by Gasteiger charge is -2.21. The molecular weight excluding hydrogens is 1350 g/mol. The van der Waals surface area contributed by atoms with Gasteiger partial charge in [-0.1, -0.05) is 268 Å². The molecule has 19 heteroatoms. The fourth-order valence-corrected chi connectivity index (χ4v) is 11.1. The molecule has 0 heterocycles. The second-order valence-electron chi connectivity index (χ2n) is 25.2. The van der Waals surface area contributed by atoms with E-state index >= 15 is 0 Å². The van der Waals surface area contributed by atoms with Gasteiger partial charge in [0, 0.05) is 19.3 Å². The Labute approximate surface area is 628 Å². The maximum Gasteiger partial charge on any atom is 0.472 e. The number of esters is 4. The van der Waals surface area contributed by atoms with E-state index in [0.717, 1.165) is 173 Å². The van der Waals surface area contributed by atoms with Crippen molar-refractivity contribution in [1.82, 2.24) is 0 Å². The van der Waals surface area contributed by atoms with Crippen molar-refractivity contribution in [2.75, 3.05) is 39.6 Å². The Morgan fingerprint density at radius 1 is 0.288 bits per heavy atom. The number of allylic oxidation sites excluding steroid dienone is 29. The van der Waals surface area contributed by atoms with Crippen molar-refractivity contribution in [3.8, 4) is 0 Å². The number of unbranched alkanes of at least 4 members (excludes halogenated alkanes) is 16. The van der Waals surface area contributed by atoms with Gasteiger partial charge in [-0.25, -0.2) is 9.13 Å². The minimum absolute atomic E-state index is 0.0565. The number of carbonyl (C=O) groups is 4. The first-order chi connectivity index (χ1) is 50.7. The highest BCUT2D eigenvalue weighted by atomic mass is 31.2. The first kappa shape index (κ1) is 98.2. The first-order valence-electron chi connectivity index (χ1n) is 39.0. The van der Waals surface area contributed by atoms with E-state index in [0.29, 0.717) is 25.7 Å². The molecule has 3 N–H and O–H groups in total. The molecule has 0 aliphatic carbocycles. The topological polar surface area (TPSA) is 237 Å². The summed E-state index contributed by atoms with van der Waals surface area (Å²) in [6, 6.07) is 0. The normalized spacial score (nSPS) is 14.9. The van der Waals surface area contributed by atoms with Crippen molar-refractivity contribution >= 4 is 39.5 Å². The molecule has 0 amide bonds. The van der Waals surface area contributed by atoms with Gasteiger partial charge in [-0.3, -0.25) is 37.3 Å². The van der Waals surface area contributed by atoms with Crippen LogP contribution in [-0.2, 0) is 65.4 Å². The Balaban J connectivity index is 5.50. The second-order valence-corrected chi connectivity index (χ2v) is 28.1. The Morgan fingerprint density at radius 2 is 0.538 bits per heavy atom. The van der Waals surface area contributed by atoms with E-state index in [1.807, 2.05) is 12.2 Å². The van der Waals surface area contributed by atoms with E-state index in [9.17, 15) is 43.2 Å². The third-order valence-electron chi connectivity index (χ3n) is 15.4. The third-order valence-corrected chi connectivity index (χ3v) is 17.3. The van der Waals surface area contributed by atoms with E-state index < -0.39 is 97.5 Å². The molecule has 17 nitrogen and oxygen atoms in total. The van der Waals surface area contributed by atoms with Crippen molar-refractivity contribution in [1.29, 1.82) is 0 Å². The Morgan fingerprint density at radius 3 is 0.875 bits per heavy atom. The van der Waals surface area contributed by atoms with Gasteiger partial charge in [0.1, 0.15) is 19.3 Å². The average Bonchev–Trinajstić information content (AvgIpc) is 0.999. The van der Waals surface area contributed by atoms with E-state index in [2.05, 4.69) is 186 Å². The van der Waals surface area contributed by atoms with Gasteiger partial charge in [0.2, 0.25) is 0 Å². The van der Waals surface area contributed by atoms with Crippen LogP contribution >= 0.6 is 15.6 Å². The standard InChI is InChI=1S/C85H136O17P2/c1-5-9-13-17-21-25-29-33-37-38-39-40-44-46-50-54-58-62-66-70-83(88)96-76-81(102-85(90)72-68-64-60-56-52-48-43-36-32-28-24-20-16-12-8-4)78-100-104(93,94)98-74-79(86)73-97-103(91,92)99-77-80(101-84(89)71-67-63-59-55-51-47-42-35-31-27-23-19-15-11-7-3)75-95-82(87)69-65-61-57-53-49-45-41-34-30-26-22-18-14-10-6-2/h10-12,14-16,21-28,33-37,39-43,49,52-53,56,64,68,79-81,86H,5-9,13,17-20,29-32,38,44-48,50-51,54-55,57-63,65-67,69-78H2,1-4H3,(H,91,92)(H,93,94)/b14-10-,15-11-,16-12-,25-21-,26-22-,27-23-,28-24-,37-33-,40-39-,41-34-,42-35-,43-36-,53-49-,56-52-,68-64-. The zero-order valence-electron chi connectivity index (χ0n) is 64.1. The molecule has 0 aliphatic rings. The van der Waals surface area contributed by atoms with Gasteiger partial charge in [0.25, 0.3) is 0 Å². The van der Waals surface area contributed by atoms with Crippen LogP contribution in [0.3, 0.4) is 0 Å². The zero-order chi connectivity index (χ0) is 76.0. The predicted molar refractivity (Wildman–Crippen MR) is 426 cm³/mol. The molecule has 104 heavy (non-hydrogen) atoms. The SMILES string of the molecule is CC/C=C\C/C=C\C/C=C\C/C=C\C/C=C\CC(=O)OC(COC(=O)CCCCCCCC/C=C\C/C=C\C/C=C\CCCCC)COP(=O)(O)OCC(O)COP(=O)(O)OCC(COC(=O)CCCC/C=C\C/C=C\C/C=C\C/C=C\CC)OC(=O)CCCCCCC/C=C\C/C=C\C/C=C\CC. The molecule has 0 fully saturated rings. The predicted octanol–water partition coefficient (Wildman–Crippen LogP) is 22.8. The average molecular weight is 1490 g/mol. The summed E-state index contributed by atoms with van der Waals surface area (Å²) in [6.07, 6.45) is 90.6. The van der Waals surface area contributed by atoms with E-state index in [-0.39, 0.29) is 25.7 Å². The molecule has 0 rings (SSSR count). The molecule has 588 valence electrons. The van der Waals surface area contributed by atoms with Crippen molar-refractivity contribution in [2.45, 2.75) is 290 Å². The number of carbonyl (C=O) groups excluding carboxylic acids is 4. The smallest absolute Gasteiger partial charge is 0.462 e. The van der Waals surface area contributed by atoms with E-state index in [1.54, 1.807) is 12.2 Å². The molecule has 0 aromatic carbocycles. The van der Waals surface area contributed by atoms with Crippen LogP contribution in [-0.4, -0.2) is 96.7 Å². The summed E-state index contributed by atoms with van der Waals surface area (Å²) in [5.74, 6) is -2.42. The monoisotopic (exact) mass is 1490 g/mol. The molecule has 5 atom stereocenters. The number of rotatable bonds is 71. The number of hydrogen-bond acceptors (Lipinski definition) is 15. The van der Waals surface area contributed by atoms with Crippen LogP contribution in [0.15, 0.2) is 182 Å². The van der Waals surface area contributed by atoms with Crippen molar-refractivity contribution < 1.29 is 80.2 Å². The summed E-state index contributed by atoms with van der Waals surface area (Å²) in [7, 11) is -10.0. The molecule has 0 spiro atoms. The largest absolute Gasteiger partial charge is 0.472 e. The van der Waals surface area contributed by atoms with Crippen LogP contribution in [0.1, 0.15) is 272 Å². The van der Waals surface area contributed by atoms with Gasteiger partial charge in [-0.15, -0.1) is 0 Å². The van der Waals surface area contributed by atoms with E-state index in [1.165, 1.54) is 19.3 Å². The third kappa shape index (κ3) is 74.4. The van der Waals surface area contributed by atoms with Gasteiger partial charge in [0.05, 0.1) is 32.8 Å². The van der Waals surface area contributed by atoms with Crippen LogP contribution in [0.25, 0.3) is 0 Å². The Kier molecular flexibility index (Phi) is 71.2. The molecule has 0 bridgehead atoms. The van der Waals surface area contributed by atoms with Crippen LogP contribution in [0.2, 0.25) is 0 Å². The summed E-state index contributed by atoms with van der Waals surface area (Å²) in [5.41, 5.74) is 0. The number of hydrogen-bond donors (Lipinski definition) is 3. The van der Waals surface area contributed by atoms with Crippen LogP contribution < -0.4 is 0 Å². The highest BCUT2D eigenvalue weighted by Gasteiger charge is 2.30. The van der Waals surface area contributed by atoms with Crippen molar-refractivity contribution in [2.24, 2.45) is 0 Å². The van der Waals surface area contributed by atoms with Gasteiger partial charge in [-0.05, 0) is 161 Å². The molecule has 5 unspecified atom stereocenters. The maximum absolute atomic E-state index is 13.1. The minimum Gasteiger partial charge on any atom is -0.462 e. The van der Waals surface area contributed by atoms with Gasteiger partial charge >= 0.3 is 39.5 Å². The fourth-order valence-electron chi connectivity index (χ4n) is 9.54. The molecule has 0 aliphatic heterocycles. The molecule has 0 radical (unpaired) electrons. The number of ether oxygens (including phenoxy) is 4. The number of aliphatic hydroxyl groups excluding tert-OH is 1. The van der Waals surface area contributed by atoms with E-state index in [4.69, 9.17) is 37.0 Å². The first-order valence-corrected chi connectivity index (χ1v) is 42.0. The molecule has 0 aromatic heterocycles. The van der Waals surface area contributed by atoms with Crippen molar-refractivity contribution in [3.63, 3.8) is 0 Å². The highest BCUT2D eigenvalue weighted by Crippen LogP contribution is 2.45. The van der Waals surface area contributed by atoms with Crippen LogP contribution in [0.4, 0.5) is 0 Å². The minimum atomic E-state index is -5.02. The Hall–Kier alpha value is -5.84. The summed E-state index contributed by atoms with van der Waals surface area (Å²) in [5, 5.41) is 10.6. The lowest BCUT2D eigenvalue weighted by molar-refractivity contribution is -0.161. The summed E-state index contributed by atoms with van der Waals surface area (Å²) in [4.78, 5) is 72.9. The maximum atomic E-state index is 13.1. The molecule has 0 aromatic rings. The number of phosphoric ester groups is 2. The quantitative estimate of drug-likeness (QED) is 0.0169. The summed E-state index contributed by atoms with van der Waals surface area (Å²) in [6.45, 7) is 4.28. The summed E-state index contributed by atoms with van der Waals surface area (Å²) >= 11 is 0. The molecule has 0 saturated carbocycles. The van der Waals surface area contributed by atoms with Crippen LogP contribution in [0, 0.1) is 0 Å². The van der Waals surface area contributed by atoms with Crippen LogP contribution in [0.5, 0.6) is 0 Å². The van der Waals surface area contributed by atoms with Crippen molar-refractivity contribution in [3.05, 3.63) is 182 Å². The highest BCUT2D eigenvalue weighted by molar-refractivity contribution is 7.47. The second kappa shape index (κ2) is 75.4. The fraction of sp³-hybridized carbons (Fsp3) is 0.600. The van der Waals surface area contributed by atoms with Gasteiger partial charge in [-0.2, -0.15) is 0 Å². The number of phosphoric acid groups is 2. The lowest BCUT2D eigenvalue weighted by atomic mass is 10.1. The molecular formula is C85H136O17P2. The zero-order valence-corrected chi connectivity index (χ0v) is 65.9. The molecule has 0 saturated heterocycles. The van der Waals surface area contributed by atoms with Gasteiger partial charge in [0.15, 0.2) is 12.2 Å². The summed E-state index contributed by atoms with van der Waals surface area (Å²) < 4.78 is 68.3. The lowest BCUT2D eigenvalue weighted by Crippen LogP contribution is -2.30. The van der Waals surface area contributed by atoms with Gasteiger partial charge < -0.3 is 33.8 Å². The number of aliphatic hydroxyl groups is 1.